The first-order chi connectivity index (χ1) is 8.79. The van der Waals surface area contributed by atoms with Gasteiger partial charge in [0.25, 0.3) is 0 Å². The van der Waals surface area contributed by atoms with Gasteiger partial charge in [0, 0.05) is 22.9 Å². The molecule has 1 saturated carbocycles. The highest BCUT2D eigenvalue weighted by atomic mass is 79.9. The summed E-state index contributed by atoms with van der Waals surface area (Å²) in [4.78, 5) is 4.27. The van der Waals surface area contributed by atoms with Crippen molar-refractivity contribution >= 4 is 15.9 Å². The van der Waals surface area contributed by atoms with Crippen molar-refractivity contribution in [2.45, 2.75) is 51.5 Å². The molecule has 1 aliphatic rings. The number of halogens is 1. The number of rotatable bonds is 5. The second kappa shape index (κ2) is 7.25. The normalized spacial score (nSPS) is 24.1. The molecule has 0 amide bonds. The van der Waals surface area contributed by atoms with Gasteiger partial charge in [0.2, 0.25) is 0 Å². The van der Waals surface area contributed by atoms with Crippen LogP contribution in [0.2, 0.25) is 0 Å². The van der Waals surface area contributed by atoms with E-state index in [0.717, 1.165) is 23.4 Å². The second-order valence-electron chi connectivity index (χ2n) is 5.32. The van der Waals surface area contributed by atoms with Crippen molar-refractivity contribution < 1.29 is 0 Å². The Morgan fingerprint density at radius 1 is 1.33 bits per heavy atom. The van der Waals surface area contributed by atoms with E-state index >= 15 is 0 Å². The number of aromatic nitrogens is 1. The molecule has 3 heteroatoms. The minimum absolute atomic E-state index is 0.706. The lowest BCUT2D eigenvalue weighted by atomic mass is 9.81. The molecule has 1 aromatic heterocycles. The quantitative estimate of drug-likeness (QED) is 0.891. The molecule has 18 heavy (non-hydrogen) atoms. The number of hydrogen-bond acceptors (Lipinski definition) is 2. The zero-order valence-corrected chi connectivity index (χ0v) is 12.7. The standard InChI is InChI=1S/C15H23BrN2/c1-2-7-18-15-6-4-3-5-13(15)8-12-9-14(16)11-17-10-12/h9-11,13,15,18H,2-8H2,1H3. The van der Waals surface area contributed by atoms with Crippen molar-refractivity contribution in [2.75, 3.05) is 6.54 Å². The second-order valence-corrected chi connectivity index (χ2v) is 6.24. The Balaban J connectivity index is 1.96. The summed E-state index contributed by atoms with van der Waals surface area (Å²) in [7, 11) is 0. The average molecular weight is 311 g/mol. The Labute approximate surface area is 119 Å². The largest absolute Gasteiger partial charge is 0.314 e. The van der Waals surface area contributed by atoms with Crippen molar-refractivity contribution in [1.82, 2.24) is 10.3 Å². The van der Waals surface area contributed by atoms with Gasteiger partial charge in [0.15, 0.2) is 0 Å². The van der Waals surface area contributed by atoms with E-state index in [-0.39, 0.29) is 0 Å². The van der Waals surface area contributed by atoms with Crippen molar-refractivity contribution in [3.8, 4) is 0 Å². The molecule has 2 nitrogen and oxygen atoms in total. The van der Waals surface area contributed by atoms with E-state index in [0.29, 0.717) is 6.04 Å². The predicted octanol–water partition coefficient (Wildman–Crippen LogP) is 3.95. The summed E-state index contributed by atoms with van der Waals surface area (Å²) < 4.78 is 1.09. The highest BCUT2D eigenvalue weighted by molar-refractivity contribution is 9.10. The minimum Gasteiger partial charge on any atom is -0.314 e. The fraction of sp³-hybridized carbons (Fsp3) is 0.667. The van der Waals surface area contributed by atoms with Crippen LogP contribution in [-0.4, -0.2) is 17.6 Å². The molecule has 2 rings (SSSR count). The Kier molecular flexibility index (Phi) is 5.64. The smallest absolute Gasteiger partial charge is 0.0410 e. The maximum atomic E-state index is 4.27. The predicted molar refractivity (Wildman–Crippen MR) is 79.7 cm³/mol. The van der Waals surface area contributed by atoms with E-state index in [9.17, 15) is 0 Å². The Morgan fingerprint density at radius 3 is 2.94 bits per heavy atom. The van der Waals surface area contributed by atoms with Gasteiger partial charge in [-0.3, -0.25) is 4.98 Å². The van der Waals surface area contributed by atoms with Gasteiger partial charge in [-0.1, -0.05) is 19.8 Å². The lowest BCUT2D eigenvalue weighted by Gasteiger charge is -2.32. The van der Waals surface area contributed by atoms with Crippen molar-refractivity contribution in [2.24, 2.45) is 5.92 Å². The SMILES string of the molecule is CCCNC1CCCCC1Cc1cncc(Br)c1. The molecular formula is C15H23BrN2. The van der Waals surface area contributed by atoms with Crippen molar-refractivity contribution in [1.29, 1.82) is 0 Å². The van der Waals surface area contributed by atoms with Gasteiger partial charge in [-0.15, -0.1) is 0 Å². The van der Waals surface area contributed by atoms with Crippen LogP contribution >= 0.6 is 15.9 Å². The highest BCUT2D eigenvalue weighted by Crippen LogP contribution is 2.28. The molecule has 0 bridgehead atoms. The fourth-order valence-corrected chi connectivity index (χ4v) is 3.33. The molecule has 100 valence electrons. The molecule has 1 heterocycles. The van der Waals surface area contributed by atoms with Crippen LogP contribution in [0.4, 0.5) is 0 Å². The first-order valence-electron chi connectivity index (χ1n) is 7.12. The summed E-state index contributed by atoms with van der Waals surface area (Å²) in [6.07, 6.45) is 11.7. The van der Waals surface area contributed by atoms with Gasteiger partial charge in [0.1, 0.15) is 0 Å². The molecule has 0 aromatic carbocycles. The fourth-order valence-electron chi connectivity index (χ4n) is 2.92. The lowest BCUT2D eigenvalue weighted by Crippen LogP contribution is -2.39. The molecule has 2 atom stereocenters. The summed E-state index contributed by atoms with van der Waals surface area (Å²) in [6.45, 7) is 3.39. The third-order valence-corrected chi connectivity index (χ3v) is 4.26. The zero-order chi connectivity index (χ0) is 12.8. The monoisotopic (exact) mass is 310 g/mol. The van der Waals surface area contributed by atoms with Crippen LogP contribution in [0.15, 0.2) is 22.9 Å². The van der Waals surface area contributed by atoms with Gasteiger partial charge in [-0.05, 0) is 65.7 Å². The molecule has 2 unspecified atom stereocenters. The van der Waals surface area contributed by atoms with E-state index in [1.54, 1.807) is 0 Å². The van der Waals surface area contributed by atoms with Crippen molar-refractivity contribution in [3.63, 3.8) is 0 Å². The molecule has 1 N–H and O–H groups in total. The van der Waals surface area contributed by atoms with Gasteiger partial charge in [0.05, 0.1) is 0 Å². The van der Waals surface area contributed by atoms with Crippen molar-refractivity contribution in [3.05, 3.63) is 28.5 Å². The number of nitrogens with one attached hydrogen (secondary N) is 1. The maximum absolute atomic E-state index is 4.27. The topological polar surface area (TPSA) is 24.9 Å². The molecule has 1 aliphatic carbocycles. The van der Waals surface area contributed by atoms with Crippen LogP contribution in [0.5, 0.6) is 0 Å². The third kappa shape index (κ3) is 4.06. The van der Waals surface area contributed by atoms with E-state index in [2.05, 4.69) is 39.2 Å². The van der Waals surface area contributed by atoms with E-state index < -0.39 is 0 Å². The molecule has 0 radical (unpaired) electrons. The minimum atomic E-state index is 0.706. The van der Waals surface area contributed by atoms with E-state index in [1.165, 1.54) is 37.7 Å². The summed E-state index contributed by atoms with van der Waals surface area (Å²) in [5.41, 5.74) is 1.36. The van der Waals surface area contributed by atoms with Gasteiger partial charge in [-0.25, -0.2) is 0 Å². The first kappa shape index (κ1) is 14.0. The molecule has 1 fully saturated rings. The first-order valence-corrected chi connectivity index (χ1v) is 7.91. The Bertz CT molecular complexity index is 367. The van der Waals surface area contributed by atoms with Crippen LogP contribution in [0, 0.1) is 5.92 Å². The highest BCUT2D eigenvalue weighted by Gasteiger charge is 2.24. The molecular weight excluding hydrogens is 288 g/mol. The molecule has 0 saturated heterocycles. The van der Waals surface area contributed by atoms with E-state index in [1.807, 2.05) is 12.4 Å². The van der Waals surface area contributed by atoms with Crippen LogP contribution < -0.4 is 5.32 Å². The van der Waals surface area contributed by atoms with Gasteiger partial charge >= 0.3 is 0 Å². The molecule has 0 aliphatic heterocycles. The van der Waals surface area contributed by atoms with E-state index in [4.69, 9.17) is 0 Å². The van der Waals surface area contributed by atoms with Gasteiger partial charge < -0.3 is 5.32 Å². The Hall–Kier alpha value is -0.410. The third-order valence-electron chi connectivity index (χ3n) is 3.83. The van der Waals surface area contributed by atoms with Crippen LogP contribution in [0.3, 0.4) is 0 Å². The number of hydrogen-bond donors (Lipinski definition) is 1. The van der Waals surface area contributed by atoms with Crippen LogP contribution in [0.25, 0.3) is 0 Å². The average Bonchev–Trinajstić information content (AvgIpc) is 2.38. The molecule has 0 spiro atoms. The summed E-state index contributed by atoms with van der Waals surface area (Å²) in [5.74, 6) is 0.779. The zero-order valence-electron chi connectivity index (χ0n) is 11.2. The summed E-state index contributed by atoms with van der Waals surface area (Å²) in [6, 6.07) is 2.91. The Morgan fingerprint density at radius 2 is 2.17 bits per heavy atom. The van der Waals surface area contributed by atoms with Crippen LogP contribution in [-0.2, 0) is 6.42 Å². The summed E-state index contributed by atoms with van der Waals surface area (Å²) in [5, 5.41) is 3.72. The molecule has 1 aromatic rings. The summed E-state index contributed by atoms with van der Waals surface area (Å²) >= 11 is 3.51. The number of pyridine rings is 1. The maximum Gasteiger partial charge on any atom is 0.0410 e. The number of nitrogens with zero attached hydrogens (tertiary/aromatic N) is 1. The van der Waals surface area contributed by atoms with Crippen LogP contribution in [0.1, 0.15) is 44.6 Å². The lowest BCUT2D eigenvalue weighted by molar-refractivity contribution is 0.261. The van der Waals surface area contributed by atoms with Gasteiger partial charge in [-0.2, -0.15) is 0 Å².